The summed E-state index contributed by atoms with van der Waals surface area (Å²) < 4.78 is 4.94. The van der Waals surface area contributed by atoms with Crippen LogP contribution in [0.5, 0.6) is 0 Å². The predicted molar refractivity (Wildman–Crippen MR) is 77.6 cm³/mol. The number of hydrogen-bond donors (Lipinski definition) is 0. The van der Waals surface area contributed by atoms with E-state index in [2.05, 4.69) is 4.98 Å². The van der Waals surface area contributed by atoms with Gasteiger partial charge in [-0.3, -0.25) is 4.98 Å². The van der Waals surface area contributed by atoms with Gasteiger partial charge in [0.25, 0.3) is 0 Å². The lowest BCUT2D eigenvalue weighted by Gasteiger charge is -2.04. The minimum Gasteiger partial charge on any atom is -0.465 e. The van der Waals surface area contributed by atoms with E-state index in [1.807, 2.05) is 48.5 Å². The minimum absolute atomic E-state index is 0.329. The molecule has 98 valence electrons. The third kappa shape index (κ3) is 2.03. The zero-order valence-electron chi connectivity index (χ0n) is 11.0. The number of aromatic nitrogens is 1. The van der Waals surface area contributed by atoms with E-state index in [-0.39, 0.29) is 5.97 Å². The van der Waals surface area contributed by atoms with Gasteiger partial charge in [0.1, 0.15) is 0 Å². The van der Waals surface area contributed by atoms with E-state index >= 15 is 0 Å². The number of carbonyl (C=O) groups is 1. The largest absolute Gasteiger partial charge is 0.465 e. The molecule has 0 unspecified atom stereocenters. The normalized spacial score (nSPS) is 10.4. The second-order valence-corrected chi connectivity index (χ2v) is 4.45. The molecule has 0 spiro atoms. The second kappa shape index (κ2) is 5.13. The molecular weight excluding hydrogens is 250 g/mol. The van der Waals surface area contributed by atoms with Gasteiger partial charge in [0.2, 0.25) is 0 Å². The third-order valence-corrected chi connectivity index (χ3v) is 3.27. The van der Waals surface area contributed by atoms with E-state index in [0.29, 0.717) is 5.56 Å². The van der Waals surface area contributed by atoms with Gasteiger partial charge in [-0.2, -0.15) is 0 Å². The van der Waals surface area contributed by atoms with Crippen molar-refractivity contribution in [2.45, 2.75) is 0 Å². The van der Waals surface area contributed by atoms with Gasteiger partial charge >= 0.3 is 5.97 Å². The maximum absolute atomic E-state index is 12.1. The zero-order valence-corrected chi connectivity index (χ0v) is 11.0. The van der Waals surface area contributed by atoms with Crippen LogP contribution in [0.1, 0.15) is 10.4 Å². The standard InChI is InChI=1S/C17H13NO2/c1-20-17(19)16-14-8-4-2-3-6-12(14)10-15(16)13-7-5-9-18-11-13/h2-11H,1H3. The van der Waals surface area contributed by atoms with Crippen LogP contribution in [0.3, 0.4) is 0 Å². The highest BCUT2D eigenvalue weighted by Gasteiger charge is 2.22. The molecule has 2 aliphatic carbocycles. The highest BCUT2D eigenvalue weighted by Crippen LogP contribution is 2.37. The molecule has 0 saturated heterocycles. The molecule has 1 aromatic rings. The van der Waals surface area contributed by atoms with Gasteiger partial charge in [0, 0.05) is 18.0 Å². The lowest BCUT2D eigenvalue weighted by atomic mass is 10.0. The van der Waals surface area contributed by atoms with Gasteiger partial charge in [-0.15, -0.1) is 0 Å². The number of carbonyl (C=O) groups excluding carboxylic acids is 1. The van der Waals surface area contributed by atoms with Crippen molar-refractivity contribution in [3.05, 3.63) is 66.5 Å². The average Bonchev–Trinajstić information content (AvgIpc) is 2.70. The van der Waals surface area contributed by atoms with E-state index < -0.39 is 0 Å². The Morgan fingerprint density at radius 3 is 2.55 bits per heavy atom. The second-order valence-electron chi connectivity index (χ2n) is 4.45. The summed E-state index contributed by atoms with van der Waals surface area (Å²) in [6.07, 6.45) is 3.46. The van der Waals surface area contributed by atoms with Crippen molar-refractivity contribution >= 4 is 5.97 Å². The summed E-state index contributed by atoms with van der Waals surface area (Å²) in [4.78, 5) is 16.3. The molecule has 3 heteroatoms. The number of methoxy groups -OCH3 is 1. The Balaban J connectivity index is 2.31. The number of hydrogen-bond acceptors (Lipinski definition) is 3. The number of fused-ring (bicyclic) bond motifs is 1. The van der Waals surface area contributed by atoms with Crippen molar-refractivity contribution in [1.29, 1.82) is 0 Å². The number of nitrogens with zero attached hydrogens (tertiary/aromatic N) is 1. The highest BCUT2D eigenvalue weighted by atomic mass is 16.5. The van der Waals surface area contributed by atoms with E-state index in [1.165, 1.54) is 7.11 Å². The van der Waals surface area contributed by atoms with Crippen LogP contribution in [0.2, 0.25) is 0 Å². The third-order valence-electron chi connectivity index (χ3n) is 3.27. The number of rotatable bonds is 2. The Kier molecular flexibility index (Phi) is 3.17. The van der Waals surface area contributed by atoms with Crippen LogP contribution in [0, 0.1) is 0 Å². The van der Waals surface area contributed by atoms with Gasteiger partial charge in [-0.1, -0.05) is 36.4 Å². The average molecular weight is 263 g/mol. The fraction of sp³-hybridized carbons (Fsp3) is 0.0588. The predicted octanol–water partition coefficient (Wildman–Crippen LogP) is 3.64. The first-order valence-corrected chi connectivity index (χ1v) is 6.31. The first-order chi connectivity index (χ1) is 9.81. The van der Waals surface area contributed by atoms with E-state index in [1.54, 1.807) is 12.4 Å². The van der Waals surface area contributed by atoms with E-state index in [4.69, 9.17) is 4.74 Å². The Morgan fingerprint density at radius 1 is 1.00 bits per heavy atom. The monoisotopic (exact) mass is 263 g/mol. The molecular formula is C17H13NO2. The first-order valence-electron chi connectivity index (χ1n) is 6.31. The molecule has 0 bridgehead atoms. The van der Waals surface area contributed by atoms with Crippen molar-refractivity contribution in [2.24, 2.45) is 0 Å². The molecule has 0 aliphatic heterocycles. The van der Waals surface area contributed by atoms with Crippen LogP contribution in [-0.2, 0) is 4.74 Å². The summed E-state index contributed by atoms with van der Waals surface area (Å²) in [7, 11) is 1.40. The minimum atomic E-state index is -0.329. The molecule has 3 nitrogen and oxygen atoms in total. The van der Waals surface area contributed by atoms with Crippen molar-refractivity contribution in [1.82, 2.24) is 4.98 Å². The summed E-state index contributed by atoms with van der Waals surface area (Å²) in [5.74, 6) is -0.329. The molecule has 1 aromatic heterocycles. The van der Waals surface area contributed by atoms with Crippen molar-refractivity contribution in [2.75, 3.05) is 7.11 Å². The van der Waals surface area contributed by atoms with Crippen LogP contribution in [-0.4, -0.2) is 18.1 Å². The van der Waals surface area contributed by atoms with Crippen molar-refractivity contribution in [3.63, 3.8) is 0 Å². The summed E-state index contributed by atoms with van der Waals surface area (Å²) in [6.45, 7) is 0. The van der Waals surface area contributed by atoms with Crippen LogP contribution in [0.15, 0.2) is 60.9 Å². The maximum Gasteiger partial charge on any atom is 0.339 e. The summed E-state index contributed by atoms with van der Waals surface area (Å²) in [6, 6.07) is 15.5. The van der Waals surface area contributed by atoms with Gasteiger partial charge in [0.15, 0.2) is 0 Å². The quantitative estimate of drug-likeness (QED) is 0.663. The van der Waals surface area contributed by atoms with Crippen molar-refractivity contribution < 1.29 is 9.53 Å². The number of pyridine rings is 1. The summed E-state index contributed by atoms with van der Waals surface area (Å²) >= 11 is 0. The lowest BCUT2D eigenvalue weighted by Crippen LogP contribution is -2.02. The van der Waals surface area contributed by atoms with Gasteiger partial charge < -0.3 is 4.74 Å². The van der Waals surface area contributed by atoms with E-state index in [0.717, 1.165) is 22.3 Å². The summed E-state index contributed by atoms with van der Waals surface area (Å²) in [5, 5.41) is 0. The molecule has 20 heavy (non-hydrogen) atoms. The topological polar surface area (TPSA) is 39.2 Å². The smallest absolute Gasteiger partial charge is 0.339 e. The van der Waals surface area contributed by atoms with Gasteiger partial charge in [0.05, 0.1) is 12.7 Å². The maximum atomic E-state index is 12.1. The molecule has 0 saturated carbocycles. The fourth-order valence-corrected chi connectivity index (χ4v) is 2.36. The molecule has 0 atom stereocenters. The summed E-state index contributed by atoms with van der Waals surface area (Å²) in [5.41, 5.74) is 4.25. The Hall–Kier alpha value is -2.68. The molecule has 2 aliphatic rings. The molecule has 0 fully saturated rings. The Morgan fingerprint density at radius 2 is 1.80 bits per heavy atom. The molecule has 3 rings (SSSR count). The van der Waals surface area contributed by atoms with Crippen LogP contribution in [0.25, 0.3) is 22.3 Å². The molecule has 0 aromatic carbocycles. The van der Waals surface area contributed by atoms with Crippen LogP contribution >= 0.6 is 0 Å². The lowest BCUT2D eigenvalue weighted by molar-refractivity contribution is 0.0603. The van der Waals surface area contributed by atoms with Crippen LogP contribution < -0.4 is 0 Å². The fourth-order valence-electron chi connectivity index (χ4n) is 2.36. The van der Waals surface area contributed by atoms with Gasteiger partial charge in [-0.05, 0) is 28.8 Å². The van der Waals surface area contributed by atoms with Crippen LogP contribution in [0.4, 0.5) is 0 Å². The molecule has 0 radical (unpaired) electrons. The Bertz CT molecular complexity index is 722. The number of ether oxygens (including phenoxy) is 1. The SMILES string of the molecule is COC(=O)c1c2cccccc-2cc1-c1cccnc1. The Labute approximate surface area is 117 Å². The van der Waals surface area contributed by atoms with Crippen molar-refractivity contribution in [3.8, 4) is 22.3 Å². The molecule has 0 amide bonds. The van der Waals surface area contributed by atoms with E-state index in [9.17, 15) is 4.79 Å². The molecule has 1 heterocycles. The first kappa shape index (κ1) is 12.4. The number of esters is 1. The van der Waals surface area contributed by atoms with Gasteiger partial charge in [-0.25, -0.2) is 4.79 Å². The highest BCUT2D eigenvalue weighted by molar-refractivity contribution is 6.06. The zero-order chi connectivity index (χ0) is 13.9. The molecule has 0 N–H and O–H groups in total.